The van der Waals surface area contributed by atoms with Gasteiger partial charge in [0.1, 0.15) is 11.7 Å². The number of carbonyl (C=O) groups is 3. The number of carboxylic acids is 1. The van der Waals surface area contributed by atoms with Gasteiger partial charge in [-0.25, -0.2) is 4.79 Å². The summed E-state index contributed by atoms with van der Waals surface area (Å²) in [5.41, 5.74) is 1.17. The molecule has 1 atom stereocenters. The van der Waals surface area contributed by atoms with Gasteiger partial charge >= 0.3 is 5.97 Å². The van der Waals surface area contributed by atoms with Gasteiger partial charge in [0.2, 0.25) is 5.91 Å². The number of nitrogens with one attached hydrogen (secondary N) is 3. The van der Waals surface area contributed by atoms with Gasteiger partial charge in [-0.15, -0.1) is 0 Å². The number of hydrogen-bond acceptors (Lipinski definition) is 3. The zero-order valence-corrected chi connectivity index (χ0v) is 12.1. The zero-order chi connectivity index (χ0) is 16.1. The topological polar surface area (TPSA) is 111 Å². The van der Waals surface area contributed by atoms with Crippen molar-refractivity contribution in [3.63, 3.8) is 0 Å². The molecule has 2 amide bonds. The van der Waals surface area contributed by atoms with E-state index in [0.29, 0.717) is 5.69 Å². The standard InChI is InChI=1S/C15H17N3O4/c1-2-10(15(21)22)18-13(19)8-16-14(20)12-7-9-5-3-4-6-11(9)17-12/h3-7,10,17H,2,8H2,1H3,(H,16,20)(H,18,19)(H,21,22). The molecule has 0 radical (unpaired) electrons. The van der Waals surface area contributed by atoms with Crippen LogP contribution in [0.15, 0.2) is 30.3 Å². The molecule has 2 aromatic rings. The molecule has 0 aliphatic heterocycles. The van der Waals surface area contributed by atoms with Gasteiger partial charge in [-0.3, -0.25) is 9.59 Å². The molecule has 7 heteroatoms. The first-order valence-corrected chi connectivity index (χ1v) is 6.89. The Bertz CT molecular complexity index is 675. The van der Waals surface area contributed by atoms with E-state index in [0.717, 1.165) is 10.9 Å². The first kappa shape index (κ1) is 15.6. The molecule has 4 N–H and O–H groups in total. The maximum atomic E-state index is 12.0. The van der Waals surface area contributed by atoms with Crippen molar-refractivity contribution in [2.45, 2.75) is 19.4 Å². The van der Waals surface area contributed by atoms with Gasteiger partial charge < -0.3 is 20.7 Å². The number of carbonyl (C=O) groups excluding carboxylic acids is 2. The SMILES string of the molecule is CCC(NC(=O)CNC(=O)c1cc2ccccc2[nH]1)C(=O)O. The third-order valence-corrected chi connectivity index (χ3v) is 3.23. The summed E-state index contributed by atoms with van der Waals surface area (Å²) in [5.74, 6) is -2.06. The molecule has 116 valence electrons. The number of aliphatic carboxylic acids is 1. The highest BCUT2D eigenvalue weighted by molar-refractivity contribution is 5.99. The van der Waals surface area contributed by atoms with Crippen molar-refractivity contribution in [3.8, 4) is 0 Å². The lowest BCUT2D eigenvalue weighted by molar-refractivity contribution is -0.141. The molecular formula is C15H17N3O4. The van der Waals surface area contributed by atoms with Crippen LogP contribution < -0.4 is 10.6 Å². The number of amides is 2. The molecule has 22 heavy (non-hydrogen) atoms. The summed E-state index contributed by atoms with van der Waals surface area (Å²) in [6.07, 6.45) is 0.275. The largest absolute Gasteiger partial charge is 0.480 e. The van der Waals surface area contributed by atoms with Crippen LogP contribution in [0.3, 0.4) is 0 Å². The molecule has 1 unspecified atom stereocenters. The van der Waals surface area contributed by atoms with Gasteiger partial charge in [-0.1, -0.05) is 25.1 Å². The number of fused-ring (bicyclic) bond motifs is 1. The van der Waals surface area contributed by atoms with E-state index in [1.165, 1.54) is 0 Å². The highest BCUT2D eigenvalue weighted by atomic mass is 16.4. The molecule has 2 rings (SSSR count). The van der Waals surface area contributed by atoms with Crippen LogP contribution in [0.1, 0.15) is 23.8 Å². The zero-order valence-electron chi connectivity index (χ0n) is 12.1. The van der Waals surface area contributed by atoms with Crippen molar-refractivity contribution in [2.24, 2.45) is 0 Å². The van der Waals surface area contributed by atoms with Crippen LogP contribution in [0, 0.1) is 0 Å². The molecule has 1 aromatic heterocycles. The minimum Gasteiger partial charge on any atom is -0.480 e. The Kier molecular flexibility index (Phi) is 4.77. The number of carboxylic acid groups (broad SMARTS) is 1. The van der Waals surface area contributed by atoms with Gasteiger partial charge in [-0.2, -0.15) is 0 Å². The normalized spacial score (nSPS) is 11.9. The minimum atomic E-state index is -1.10. The molecule has 0 saturated carbocycles. The van der Waals surface area contributed by atoms with Gasteiger partial charge in [0, 0.05) is 10.9 Å². The van der Waals surface area contributed by atoms with Gasteiger partial charge in [0.25, 0.3) is 5.91 Å². The Morgan fingerprint density at radius 1 is 1.27 bits per heavy atom. The third-order valence-electron chi connectivity index (χ3n) is 3.23. The minimum absolute atomic E-state index is 0.275. The number of benzene rings is 1. The second-order valence-electron chi connectivity index (χ2n) is 4.82. The van der Waals surface area contributed by atoms with Crippen molar-refractivity contribution in [1.82, 2.24) is 15.6 Å². The fourth-order valence-corrected chi connectivity index (χ4v) is 2.04. The van der Waals surface area contributed by atoms with Gasteiger partial charge in [0.05, 0.1) is 6.54 Å². The molecule has 7 nitrogen and oxygen atoms in total. The van der Waals surface area contributed by atoms with Crippen molar-refractivity contribution in [2.75, 3.05) is 6.54 Å². The molecule has 0 saturated heterocycles. The Morgan fingerprint density at radius 3 is 2.64 bits per heavy atom. The lowest BCUT2D eigenvalue weighted by atomic mass is 10.2. The smallest absolute Gasteiger partial charge is 0.326 e. The summed E-state index contributed by atoms with van der Waals surface area (Å²) in [5, 5.41) is 14.5. The van der Waals surface area contributed by atoms with E-state index in [-0.39, 0.29) is 13.0 Å². The average Bonchev–Trinajstić information content (AvgIpc) is 2.94. The summed E-state index contributed by atoms with van der Waals surface area (Å²) in [7, 11) is 0. The van der Waals surface area contributed by atoms with E-state index in [4.69, 9.17) is 5.11 Å². The van der Waals surface area contributed by atoms with Crippen LogP contribution >= 0.6 is 0 Å². The molecule has 1 aromatic carbocycles. The Labute approximate surface area is 126 Å². The third kappa shape index (κ3) is 3.63. The van der Waals surface area contributed by atoms with E-state index in [2.05, 4.69) is 15.6 Å². The van der Waals surface area contributed by atoms with Crippen LogP contribution in [0.5, 0.6) is 0 Å². The molecule has 1 heterocycles. The Balaban J connectivity index is 1.92. The number of hydrogen-bond donors (Lipinski definition) is 4. The lowest BCUT2D eigenvalue weighted by Crippen LogP contribution is -2.45. The summed E-state index contributed by atoms with van der Waals surface area (Å²) in [4.78, 5) is 37.4. The molecule has 0 aliphatic rings. The second-order valence-corrected chi connectivity index (χ2v) is 4.82. The van der Waals surface area contributed by atoms with Crippen LogP contribution in [-0.2, 0) is 9.59 Å². The number of H-pyrrole nitrogens is 1. The molecule has 0 bridgehead atoms. The van der Waals surface area contributed by atoms with Crippen LogP contribution in [0.2, 0.25) is 0 Å². The van der Waals surface area contributed by atoms with Gasteiger partial charge in [0.15, 0.2) is 0 Å². The average molecular weight is 303 g/mol. The Hall–Kier alpha value is -2.83. The van der Waals surface area contributed by atoms with E-state index in [9.17, 15) is 14.4 Å². The summed E-state index contributed by atoms with van der Waals surface area (Å²) in [6.45, 7) is 1.38. The van der Waals surface area contributed by atoms with E-state index < -0.39 is 23.8 Å². The van der Waals surface area contributed by atoms with E-state index in [1.807, 2.05) is 24.3 Å². The quantitative estimate of drug-likeness (QED) is 0.634. The lowest BCUT2D eigenvalue weighted by Gasteiger charge is -2.12. The number of rotatable bonds is 6. The Morgan fingerprint density at radius 2 is 2.00 bits per heavy atom. The van der Waals surface area contributed by atoms with E-state index >= 15 is 0 Å². The maximum absolute atomic E-state index is 12.0. The van der Waals surface area contributed by atoms with Crippen molar-refractivity contribution in [3.05, 3.63) is 36.0 Å². The first-order chi connectivity index (χ1) is 10.5. The van der Waals surface area contributed by atoms with Crippen molar-refractivity contribution < 1.29 is 19.5 Å². The first-order valence-electron chi connectivity index (χ1n) is 6.89. The van der Waals surface area contributed by atoms with Crippen LogP contribution in [0.4, 0.5) is 0 Å². The van der Waals surface area contributed by atoms with Crippen molar-refractivity contribution in [1.29, 1.82) is 0 Å². The fraction of sp³-hybridized carbons (Fsp3) is 0.267. The number of para-hydroxylation sites is 1. The highest BCUT2D eigenvalue weighted by Crippen LogP contribution is 2.14. The summed E-state index contributed by atoms with van der Waals surface area (Å²) >= 11 is 0. The van der Waals surface area contributed by atoms with Crippen LogP contribution in [0.25, 0.3) is 10.9 Å². The molecular weight excluding hydrogens is 286 g/mol. The predicted molar refractivity (Wildman–Crippen MR) is 80.5 cm³/mol. The molecule has 0 spiro atoms. The van der Waals surface area contributed by atoms with Crippen LogP contribution in [-0.4, -0.2) is 40.5 Å². The summed E-state index contributed by atoms with van der Waals surface area (Å²) in [6, 6.07) is 8.17. The predicted octanol–water partition coefficient (Wildman–Crippen LogP) is 0.877. The van der Waals surface area contributed by atoms with E-state index in [1.54, 1.807) is 13.0 Å². The molecule has 0 fully saturated rings. The highest BCUT2D eigenvalue weighted by Gasteiger charge is 2.18. The fourth-order valence-electron chi connectivity index (χ4n) is 2.04. The van der Waals surface area contributed by atoms with Crippen molar-refractivity contribution >= 4 is 28.7 Å². The number of aromatic nitrogens is 1. The second kappa shape index (κ2) is 6.75. The monoisotopic (exact) mass is 303 g/mol. The summed E-state index contributed by atoms with van der Waals surface area (Å²) < 4.78 is 0. The molecule has 0 aliphatic carbocycles. The van der Waals surface area contributed by atoms with Gasteiger partial charge in [-0.05, 0) is 18.6 Å². The maximum Gasteiger partial charge on any atom is 0.326 e. The number of aromatic amines is 1.